The quantitative estimate of drug-likeness (QED) is 0.449. The summed E-state index contributed by atoms with van der Waals surface area (Å²) in [4.78, 5) is 11.7. The number of aromatic hydroxyl groups is 1. The van der Waals surface area contributed by atoms with Gasteiger partial charge in [-0.25, -0.2) is 9.97 Å². The number of phenols is 1. The smallest absolute Gasteiger partial charge is 0.223 e. The van der Waals surface area contributed by atoms with Crippen LogP contribution >= 0.6 is 0 Å². The second-order valence-electron chi connectivity index (χ2n) is 9.78. The van der Waals surface area contributed by atoms with Crippen molar-refractivity contribution < 1.29 is 5.11 Å². The van der Waals surface area contributed by atoms with E-state index in [0.29, 0.717) is 29.7 Å². The minimum Gasteiger partial charge on any atom is -0.508 e. The molecular weight excluding hydrogens is 422 g/mol. The van der Waals surface area contributed by atoms with Crippen LogP contribution in [0.4, 0.5) is 5.95 Å². The Hall–Kier alpha value is -2.96. The Bertz CT molecular complexity index is 1100. The Morgan fingerprint density at radius 2 is 1.97 bits per heavy atom. The zero-order valence-corrected chi connectivity index (χ0v) is 20.8. The van der Waals surface area contributed by atoms with Gasteiger partial charge in [0.05, 0.1) is 5.69 Å². The Morgan fingerprint density at radius 3 is 2.79 bits per heavy atom. The highest BCUT2D eigenvalue weighted by Gasteiger charge is 2.22. The van der Waals surface area contributed by atoms with Crippen molar-refractivity contribution in [2.24, 2.45) is 0 Å². The van der Waals surface area contributed by atoms with Crippen molar-refractivity contribution in [2.75, 3.05) is 25.0 Å². The van der Waals surface area contributed by atoms with Gasteiger partial charge in [0, 0.05) is 50.0 Å². The van der Waals surface area contributed by atoms with Crippen molar-refractivity contribution in [3.8, 4) is 17.0 Å². The fourth-order valence-corrected chi connectivity index (χ4v) is 4.53. The monoisotopic (exact) mass is 459 g/mol. The van der Waals surface area contributed by atoms with Crippen molar-refractivity contribution in [2.45, 2.75) is 58.7 Å². The summed E-state index contributed by atoms with van der Waals surface area (Å²) in [5, 5.41) is 17.0. The molecule has 2 aromatic carbocycles. The number of anilines is 1. The van der Waals surface area contributed by atoms with E-state index in [4.69, 9.17) is 4.98 Å². The Labute approximate surface area is 203 Å². The van der Waals surface area contributed by atoms with E-state index in [1.807, 2.05) is 18.3 Å². The topological polar surface area (TPSA) is 73.3 Å². The van der Waals surface area contributed by atoms with Crippen LogP contribution in [0.25, 0.3) is 11.3 Å². The average molecular weight is 460 g/mol. The molecule has 4 rings (SSSR count). The molecule has 180 valence electrons. The largest absolute Gasteiger partial charge is 0.508 e. The van der Waals surface area contributed by atoms with Crippen LogP contribution in [0, 0.1) is 0 Å². The van der Waals surface area contributed by atoms with E-state index in [0.717, 1.165) is 49.4 Å². The van der Waals surface area contributed by atoms with Gasteiger partial charge in [-0.05, 0) is 61.1 Å². The maximum absolute atomic E-state index is 10.0. The molecule has 1 fully saturated rings. The minimum absolute atomic E-state index is 0.293. The summed E-state index contributed by atoms with van der Waals surface area (Å²) >= 11 is 0. The van der Waals surface area contributed by atoms with Gasteiger partial charge in [-0.15, -0.1) is 0 Å². The molecule has 1 aliphatic heterocycles. The van der Waals surface area contributed by atoms with Crippen molar-refractivity contribution >= 4 is 5.95 Å². The lowest BCUT2D eigenvalue weighted by atomic mass is 9.98. The van der Waals surface area contributed by atoms with Crippen LogP contribution in [0.2, 0.25) is 0 Å². The summed E-state index contributed by atoms with van der Waals surface area (Å²) in [6.07, 6.45) is 2.65. The molecule has 0 saturated carbocycles. The summed E-state index contributed by atoms with van der Waals surface area (Å²) in [6, 6.07) is 17.5. The zero-order chi connectivity index (χ0) is 24.1. The summed E-state index contributed by atoms with van der Waals surface area (Å²) < 4.78 is 0. The first-order valence-electron chi connectivity index (χ1n) is 12.3. The summed E-state index contributed by atoms with van der Waals surface area (Å²) in [5.74, 6) is 1.29. The predicted molar refractivity (Wildman–Crippen MR) is 139 cm³/mol. The van der Waals surface area contributed by atoms with Crippen molar-refractivity contribution in [3.05, 3.63) is 71.4 Å². The number of nitrogens with zero attached hydrogens (tertiary/aromatic N) is 3. The van der Waals surface area contributed by atoms with E-state index in [1.54, 1.807) is 6.07 Å². The molecule has 2 heterocycles. The molecule has 0 amide bonds. The predicted octanol–water partition coefficient (Wildman–Crippen LogP) is 4.81. The number of hydrogen-bond acceptors (Lipinski definition) is 6. The molecule has 1 aliphatic rings. The lowest BCUT2D eigenvalue weighted by molar-refractivity contribution is 0.139. The first kappa shape index (κ1) is 24.2. The maximum Gasteiger partial charge on any atom is 0.223 e. The van der Waals surface area contributed by atoms with Crippen LogP contribution in [-0.4, -0.2) is 51.7 Å². The fourth-order valence-electron chi connectivity index (χ4n) is 4.53. The number of aromatic nitrogens is 2. The van der Waals surface area contributed by atoms with Gasteiger partial charge in [-0.2, -0.15) is 0 Å². The van der Waals surface area contributed by atoms with Crippen LogP contribution in [0.5, 0.6) is 5.75 Å². The lowest BCUT2D eigenvalue weighted by Gasteiger charge is -2.37. The molecular formula is C28H37N5O. The Kier molecular flexibility index (Phi) is 7.80. The van der Waals surface area contributed by atoms with Gasteiger partial charge < -0.3 is 15.7 Å². The molecule has 0 unspecified atom stereocenters. The molecule has 1 saturated heterocycles. The zero-order valence-electron chi connectivity index (χ0n) is 20.8. The molecule has 34 heavy (non-hydrogen) atoms. The third kappa shape index (κ3) is 6.13. The second-order valence-corrected chi connectivity index (χ2v) is 9.78. The highest BCUT2D eigenvalue weighted by atomic mass is 16.3. The van der Waals surface area contributed by atoms with E-state index in [-0.39, 0.29) is 0 Å². The molecule has 1 aromatic heterocycles. The SMILES string of the molecule is CC(C)c1cc(CCNc2nccc(-c3cccc(CN4C[C@H](C)NC[C@@H]4C)c3)n2)ccc1O. The number of piperazine rings is 1. The van der Waals surface area contributed by atoms with E-state index in [1.165, 1.54) is 11.1 Å². The third-order valence-electron chi connectivity index (χ3n) is 6.57. The number of benzene rings is 2. The van der Waals surface area contributed by atoms with Gasteiger partial charge in [-0.3, -0.25) is 4.90 Å². The van der Waals surface area contributed by atoms with E-state index in [9.17, 15) is 5.11 Å². The second kappa shape index (κ2) is 11.0. The Morgan fingerprint density at radius 1 is 1.12 bits per heavy atom. The minimum atomic E-state index is 0.293. The first-order chi connectivity index (χ1) is 16.4. The van der Waals surface area contributed by atoms with E-state index in [2.05, 4.69) is 78.5 Å². The first-order valence-corrected chi connectivity index (χ1v) is 12.3. The highest BCUT2D eigenvalue weighted by molar-refractivity contribution is 5.61. The van der Waals surface area contributed by atoms with Gasteiger partial charge >= 0.3 is 0 Å². The van der Waals surface area contributed by atoms with Crippen LogP contribution in [-0.2, 0) is 13.0 Å². The summed E-state index contributed by atoms with van der Waals surface area (Å²) in [5.41, 5.74) is 5.51. The van der Waals surface area contributed by atoms with Crippen molar-refractivity contribution in [1.29, 1.82) is 0 Å². The normalized spacial score (nSPS) is 18.9. The van der Waals surface area contributed by atoms with E-state index < -0.39 is 0 Å². The number of hydrogen-bond donors (Lipinski definition) is 3. The van der Waals surface area contributed by atoms with Crippen LogP contribution in [0.3, 0.4) is 0 Å². The fraction of sp³-hybridized carbons (Fsp3) is 0.429. The number of rotatable bonds is 8. The van der Waals surface area contributed by atoms with Crippen LogP contribution in [0.15, 0.2) is 54.7 Å². The van der Waals surface area contributed by atoms with Crippen LogP contribution < -0.4 is 10.6 Å². The number of nitrogens with one attached hydrogen (secondary N) is 2. The number of phenolic OH excluding ortho intramolecular Hbond substituents is 1. The molecule has 3 N–H and O–H groups in total. The molecule has 2 atom stereocenters. The lowest BCUT2D eigenvalue weighted by Crippen LogP contribution is -2.53. The summed E-state index contributed by atoms with van der Waals surface area (Å²) in [6.45, 7) is 12.5. The maximum atomic E-state index is 10.0. The highest BCUT2D eigenvalue weighted by Crippen LogP contribution is 2.26. The summed E-state index contributed by atoms with van der Waals surface area (Å²) in [7, 11) is 0. The molecule has 6 nitrogen and oxygen atoms in total. The average Bonchev–Trinajstić information content (AvgIpc) is 2.83. The van der Waals surface area contributed by atoms with Crippen molar-refractivity contribution in [3.63, 3.8) is 0 Å². The standard InChI is InChI=1S/C28H37N5O/c1-19(2)25-15-22(8-9-27(25)34)10-12-29-28-30-13-11-26(32-28)24-7-5-6-23(14-24)18-33-17-20(3)31-16-21(33)4/h5-9,11,13-15,19-21,31,34H,10,12,16-18H2,1-4H3,(H,29,30,32)/t20-,21-/m0/s1. The molecule has 3 aromatic rings. The van der Waals surface area contributed by atoms with Gasteiger partial charge in [-0.1, -0.05) is 44.2 Å². The molecule has 0 aliphatic carbocycles. The Balaban J connectivity index is 1.40. The third-order valence-corrected chi connectivity index (χ3v) is 6.57. The van der Waals surface area contributed by atoms with E-state index >= 15 is 0 Å². The molecule has 0 spiro atoms. The molecule has 0 radical (unpaired) electrons. The van der Waals surface area contributed by atoms with Gasteiger partial charge in [0.2, 0.25) is 5.95 Å². The van der Waals surface area contributed by atoms with Crippen molar-refractivity contribution in [1.82, 2.24) is 20.2 Å². The molecule has 0 bridgehead atoms. The molecule has 6 heteroatoms. The van der Waals surface area contributed by atoms with Gasteiger partial charge in [0.25, 0.3) is 0 Å². The van der Waals surface area contributed by atoms with Gasteiger partial charge in [0.1, 0.15) is 5.75 Å². The van der Waals surface area contributed by atoms with Crippen LogP contribution in [0.1, 0.15) is 50.3 Å². The van der Waals surface area contributed by atoms with Gasteiger partial charge in [0.15, 0.2) is 0 Å².